The molecule has 0 unspecified atom stereocenters. The van der Waals surface area contributed by atoms with E-state index in [-0.39, 0.29) is 5.92 Å². The predicted molar refractivity (Wildman–Crippen MR) is 105 cm³/mol. The number of nitrogens with zero attached hydrogens (tertiary/aromatic N) is 3. The average Bonchev–Trinajstić information content (AvgIpc) is 2.67. The summed E-state index contributed by atoms with van der Waals surface area (Å²) in [5, 5.41) is 0. The lowest BCUT2D eigenvalue weighted by Gasteiger charge is -2.40. The van der Waals surface area contributed by atoms with Crippen LogP contribution in [0.1, 0.15) is 89.6 Å². The Hall–Kier alpha value is -1.29. The molecule has 1 saturated carbocycles. The summed E-state index contributed by atoms with van der Waals surface area (Å²) in [5.41, 5.74) is 1.23. The zero-order valence-electron chi connectivity index (χ0n) is 16.9. The van der Waals surface area contributed by atoms with Gasteiger partial charge in [0.25, 0.3) is 0 Å². The highest BCUT2D eigenvalue weighted by Crippen LogP contribution is 2.34. The number of Topliss-reactive ketones (excluding diaryl/α,β-unsaturated/α-hetero) is 1. The lowest BCUT2D eigenvalue weighted by Crippen LogP contribution is -2.43. The number of carbonyl (C=O) groups excluding carboxylic acids is 1. The molecule has 4 heteroatoms. The molecule has 2 fully saturated rings. The molecule has 4 nitrogen and oxygen atoms in total. The van der Waals surface area contributed by atoms with Crippen LogP contribution in [0.4, 0.5) is 0 Å². The number of hydrogen-bond donors (Lipinski definition) is 0. The maximum absolute atomic E-state index is 12.2. The quantitative estimate of drug-likeness (QED) is 0.775. The first-order valence-electron chi connectivity index (χ1n) is 10.6. The Morgan fingerprint density at radius 3 is 2.27 bits per heavy atom. The molecule has 0 radical (unpaired) electrons. The van der Waals surface area contributed by atoms with Gasteiger partial charge in [-0.15, -0.1) is 0 Å². The highest BCUT2D eigenvalue weighted by molar-refractivity contribution is 5.82. The van der Waals surface area contributed by atoms with Gasteiger partial charge in [-0.1, -0.05) is 27.7 Å². The van der Waals surface area contributed by atoms with Crippen molar-refractivity contribution < 1.29 is 4.79 Å². The van der Waals surface area contributed by atoms with Crippen molar-refractivity contribution in [3.63, 3.8) is 0 Å². The van der Waals surface area contributed by atoms with Crippen LogP contribution >= 0.6 is 0 Å². The van der Waals surface area contributed by atoms with Crippen molar-refractivity contribution in [2.45, 2.75) is 84.1 Å². The highest BCUT2D eigenvalue weighted by atomic mass is 16.1. The molecule has 144 valence electrons. The van der Waals surface area contributed by atoms with Gasteiger partial charge in [0.15, 0.2) is 0 Å². The summed E-state index contributed by atoms with van der Waals surface area (Å²) >= 11 is 0. The molecule has 0 bridgehead atoms. The molecule has 1 saturated heterocycles. The first-order valence-corrected chi connectivity index (χ1v) is 10.6. The molecule has 0 atom stereocenters. The maximum Gasteiger partial charge on any atom is 0.138 e. The van der Waals surface area contributed by atoms with Gasteiger partial charge in [0.1, 0.15) is 11.6 Å². The summed E-state index contributed by atoms with van der Waals surface area (Å²) < 4.78 is 0. The zero-order valence-corrected chi connectivity index (χ0v) is 16.9. The Bertz CT molecular complexity index is 597. The third-order valence-electron chi connectivity index (χ3n) is 6.34. The second-order valence-electron chi connectivity index (χ2n) is 8.87. The molecule has 1 aromatic heterocycles. The summed E-state index contributed by atoms with van der Waals surface area (Å²) in [5.74, 6) is 2.92. The second-order valence-corrected chi connectivity index (χ2v) is 8.87. The molecule has 3 rings (SSSR count). The Morgan fingerprint density at radius 2 is 1.69 bits per heavy atom. The smallest absolute Gasteiger partial charge is 0.138 e. The molecule has 2 aliphatic rings. The van der Waals surface area contributed by atoms with Gasteiger partial charge < -0.3 is 4.90 Å². The average molecular weight is 358 g/mol. The molecule has 1 aliphatic heterocycles. The Labute approximate surface area is 158 Å². The second kappa shape index (κ2) is 8.60. The van der Waals surface area contributed by atoms with E-state index in [9.17, 15) is 4.79 Å². The molecule has 2 heterocycles. The van der Waals surface area contributed by atoms with Gasteiger partial charge in [-0.25, -0.2) is 9.97 Å². The molecule has 0 N–H and O–H groups in total. The van der Waals surface area contributed by atoms with Crippen molar-refractivity contribution in [1.29, 1.82) is 0 Å². The molecule has 26 heavy (non-hydrogen) atoms. The number of ketones is 1. The van der Waals surface area contributed by atoms with Gasteiger partial charge in [-0.2, -0.15) is 0 Å². The first kappa shape index (κ1) is 19.5. The van der Waals surface area contributed by atoms with Crippen molar-refractivity contribution >= 4 is 5.78 Å². The van der Waals surface area contributed by atoms with Crippen LogP contribution in [-0.4, -0.2) is 39.8 Å². The third-order valence-corrected chi connectivity index (χ3v) is 6.34. The fourth-order valence-electron chi connectivity index (χ4n) is 4.65. The highest BCUT2D eigenvalue weighted by Gasteiger charge is 2.32. The van der Waals surface area contributed by atoms with E-state index in [1.165, 1.54) is 44.5 Å². The molecular weight excluding hydrogens is 322 g/mol. The van der Waals surface area contributed by atoms with Crippen LogP contribution in [0.25, 0.3) is 0 Å². The lowest BCUT2D eigenvalue weighted by atomic mass is 9.79. The largest absolute Gasteiger partial charge is 0.300 e. The van der Waals surface area contributed by atoms with Crippen LogP contribution in [0.3, 0.4) is 0 Å². The number of aromatic nitrogens is 2. The third kappa shape index (κ3) is 4.51. The van der Waals surface area contributed by atoms with Crippen LogP contribution in [0.15, 0.2) is 12.3 Å². The van der Waals surface area contributed by atoms with E-state index < -0.39 is 0 Å². The number of carbonyl (C=O) groups is 1. The molecule has 0 amide bonds. The fraction of sp³-hybridized carbons (Fsp3) is 0.773. The maximum atomic E-state index is 12.2. The van der Waals surface area contributed by atoms with E-state index in [0.29, 0.717) is 29.6 Å². The van der Waals surface area contributed by atoms with Crippen molar-refractivity contribution in [3.05, 3.63) is 23.8 Å². The van der Waals surface area contributed by atoms with Gasteiger partial charge in [-0.05, 0) is 57.7 Å². The predicted octanol–water partition coefficient (Wildman–Crippen LogP) is 4.56. The summed E-state index contributed by atoms with van der Waals surface area (Å²) in [6, 6.07) is 2.79. The first-order chi connectivity index (χ1) is 12.5. The Kier molecular flexibility index (Phi) is 6.44. The SMILES string of the molecule is CC(C)c1nccc(C2CCN([C@H]3CC[C@H](C(=O)C(C)C)CC3)CC2)n1. The van der Waals surface area contributed by atoms with E-state index in [0.717, 1.165) is 18.7 Å². The minimum atomic E-state index is 0.191. The van der Waals surface area contributed by atoms with Crippen molar-refractivity contribution in [1.82, 2.24) is 14.9 Å². The van der Waals surface area contributed by atoms with Crippen LogP contribution < -0.4 is 0 Å². The van der Waals surface area contributed by atoms with E-state index in [1.807, 2.05) is 20.0 Å². The molecule has 0 spiro atoms. The van der Waals surface area contributed by atoms with Crippen molar-refractivity contribution in [3.8, 4) is 0 Å². The monoisotopic (exact) mass is 357 g/mol. The molecular formula is C22H35N3O. The van der Waals surface area contributed by atoms with Crippen LogP contribution in [0.5, 0.6) is 0 Å². The number of piperidine rings is 1. The number of hydrogen-bond acceptors (Lipinski definition) is 4. The van der Waals surface area contributed by atoms with Crippen molar-refractivity contribution in [2.75, 3.05) is 13.1 Å². The van der Waals surface area contributed by atoms with Gasteiger partial charge in [-0.3, -0.25) is 4.79 Å². The molecule has 1 aromatic rings. The normalized spacial score (nSPS) is 25.8. The van der Waals surface area contributed by atoms with E-state index in [1.54, 1.807) is 0 Å². The van der Waals surface area contributed by atoms with Crippen LogP contribution in [0.2, 0.25) is 0 Å². The molecule has 0 aromatic carbocycles. The standard InChI is InChI=1S/C22H35N3O/c1-15(2)21(26)18-5-7-19(8-6-18)25-13-10-17(11-14-25)20-9-12-23-22(24-20)16(3)4/h9,12,15-19H,5-8,10-11,13-14H2,1-4H3/t18-,19-. The summed E-state index contributed by atoms with van der Waals surface area (Å²) in [7, 11) is 0. The topological polar surface area (TPSA) is 46.1 Å². The summed E-state index contributed by atoms with van der Waals surface area (Å²) in [6.45, 7) is 10.7. The van der Waals surface area contributed by atoms with Gasteiger partial charge in [0, 0.05) is 41.6 Å². The Morgan fingerprint density at radius 1 is 1.04 bits per heavy atom. The zero-order chi connectivity index (χ0) is 18.7. The molecule has 1 aliphatic carbocycles. The Balaban J connectivity index is 1.50. The van der Waals surface area contributed by atoms with Gasteiger partial charge >= 0.3 is 0 Å². The minimum absolute atomic E-state index is 0.191. The number of rotatable bonds is 5. The fourth-order valence-corrected chi connectivity index (χ4v) is 4.65. The number of likely N-dealkylation sites (tertiary alicyclic amines) is 1. The summed E-state index contributed by atoms with van der Waals surface area (Å²) in [4.78, 5) is 24.1. The minimum Gasteiger partial charge on any atom is -0.300 e. The lowest BCUT2D eigenvalue weighted by molar-refractivity contribution is -0.127. The van der Waals surface area contributed by atoms with E-state index in [4.69, 9.17) is 4.98 Å². The van der Waals surface area contributed by atoms with Crippen LogP contribution in [0, 0.1) is 11.8 Å². The van der Waals surface area contributed by atoms with E-state index >= 15 is 0 Å². The van der Waals surface area contributed by atoms with Crippen LogP contribution in [-0.2, 0) is 4.79 Å². The summed E-state index contributed by atoms with van der Waals surface area (Å²) in [6.07, 6.45) is 8.88. The van der Waals surface area contributed by atoms with Gasteiger partial charge in [0.2, 0.25) is 0 Å². The van der Waals surface area contributed by atoms with Gasteiger partial charge in [0.05, 0.1) is 0 Å². The van der Waals surface area contributed by atoms with Crippen molar-refractivity contribution in [2.24, 2.45) is 11.8 Å². The van der Waals surface area contributed by atoms with E-state index in [2.05, 4.69) is 29.8 Å².